The van der Waals surface area contributed by atoms with E-state index in [-0.39, 0.29) is 36.5 Å². The number of pyridine rings is 1. The molecule has 0 radical (unpaired) electrons. The molecular weight excluding hydrogens is 375 g/mol. The first kappa shape index (κ1) is 18.9. The number of alkyl halides is 3. The standard InChI is InChI=1S/C18H20F3N5O2/c19-18(20,21)17(15-24-14(25-28-15)12-2-1-6-23-9-12)5-7-26(11-17)13(27)8-16(10-22)3-4-16/h1-2,6,9H,3-5,7-8,10-11,22H2. The number of nitrogens with zero attached hydrogens (tertiary/aromatic N) is 4. The predicted molar refractivity (Wildman–Crippen MR) is 91.8 cm³/mol. The second-order valence-corrected chi connectivity index (χ2v) is 7.69. The van der Waals surface area contributed by atoms with Crippen LogP contribution in [-0.4, -0.2) is 51.7 Å². The maximum Gasteiger partial charge on any atom is 0.405 e. The summed E-state index contributed by atoms with van der Waals surface area (Å²) in [6.07, 6.45) is -0.102. The molecule has 1 aliphatic carbocycles. The zero-order valence-electron chi connectivity index (χ0n) is 15.1. The van der Waals surface area contributed by atoms with E-state index in [1.54, 1.807) is 12.1 Å². The fourth-order valence-electron chi connectivity index (χ4n) is 3.64. The van der Waals surface area contributed by atoms with Crippen LogP contribution in [0.4, 0.5) is 13.2 Å². The molecule has 2 aromatic rings. The van der Waals surface area contributed by atoms with Gasteiger partial charge in [-0.1, -0.05) is 5.16 Å². The summed E-state index contributed by atoms with van der Waals surface area (Å²) in [5, 5.41) is 3.70. The Kier molecular flexibility index (Phi) is 4.40. The van der Waals surface area contributed by atoms with Crippen molar-refractivity contribution in [2.24, 2.45) is 11.1 Å². The summed E-state index contributed by atoms with van der Waals surface area (Å²) < 4.78 is 47.2. The number of rotatable bonds is 5. The van der Waals surface area contributed by atoms with E-state index in [0.717, 1.165) is 12.8 Å². The topological polar surface area (TPSA) is 98.1 Å². The Morgan fingerprint density at radius 2 is 2.11 bits per heavy atom. The van der Waals surface area contributed by atoms with Crippen molar-refractivity contribution in [1.29, 1.82) is 0 Å². The SMILES string of the molecule is NCC1(CC(=O)N2CCC(c3nc(-c4cccnc4)no3)(C(F)(F)F)C2)CC1. The van der Waals surface area contributed by atoms with Gasteiger partial charge in [0.05, 0.1) is 0 Å². The lowest BCUT2D eigenvalue weighted by molar-refractivity contribution is -0.193. The second kappa shape index (κ2) is 6.54. The van der Waals surface area contributed by atoms with Gasteiger partial charge in [-0.3, -0.25) is 9.78 Å². The third kappa shape index (κ3) is 3.15. The molecule has 10 heteroatoms. The van der Waals surface area contributed by atoms with Crippen LogP contribution in [0.25, 0.3) is 11.4 Å². The number of aromatic nitrogens is 3. The highest BCUT2D eigenvalue weighted by molar-refractivity contribution is 5.78. The Morgan fingerprint density at radius 3 is 2.71 bits per heavy atom. The van der Waals surface area contributed by atoms with Crippen molar-refractivity contribution < 1.29 is 22.5 Å². The van der Waals surface area contributed by atoms with Gasteiger partial charge in [-0.25, -0.2) is 0 Å². The highest BCUT2D eigenvalue weighted by Crippen LogP contribution is 2.50. The molecule has 1 atom stereocenters. The average Bonchev–Trinajstić information content (AvgIpc) is 3.10. The van der Waals surface area contributed by atoms with E-state index >= 15 is 0 Å². The summed E-state index contributed by atoms with van der Waals surface area (Å²) in [6.45, 7) is -0.163. The summed E-state index contributed by atoms with van der Waals surface area (Å²) in [5.74, 6) is -0.785. The van der Waals surface area contributed by atoms with Crippen LogP contribution < -0.4 is 5.73 Å². The zero-order valence-corrected chi connectivity index (χ0v) is 15.1. The van der Waals surface area contributed by atoms with E-state index in [1.807, 2.05) is 0 Å². The van der Waals surface area contributed by atoms with Crippen LogP contribution in [0.5, 0.6) is 0 Å². The van der Waals surface area contributed by atoms with Crippen LogP contribution in [0.3, 0.4) is 0 Å². The number of hydrogen-bond donors (Lipinski definition) is 1. The average molecular weight is 395 g/mol. The van der Waals surface area contributed by atoms with Crippen molar-refractivity contribution in [3.05, 3.63) is 30.4 Å². The van der Waals surface area contributed by atoms with Gasteiger partial charge in [0.25, 0.3) is 0 Å². The van der Waals surface area contributed by atoms with Gasteiger partial charge in [0.2, 0.25) is 17.6 Å². The van der Waals surface area contributed by atoms with Crippen molar-refractivity contribution in [1.82, 2.24) is 20.0 Å². The molecule has 0 bridgehead atoms. The first-order valence-electron chi connectivity index (χ1n) is 9.08. The van der Waals surface area contributed by atoms with Gasteiger partial charge in [-0.2, -0.15) is 18.2 Å². The Hall–Kier alpha value is -2.49. The minimum absolute atomic E-state index is 0.0103. The van der Waals surface area contributed by atoms with Crippen molar-refractivity contribution in [2.75, 3.05) is 19.6 Å². The fourth-order valence-corrected chi connectivity index (χ4v) is 3.64. The molecular formula is C18H20F3N5O2. The smallest absolute Gasteiger partial charge is 0.341 e. The van der Waals surface area contributed by atoms with Gasteiger partial charge in [0.15, 0.2) is 5.41 Å². The fraction of sp³-hybridized carbons (Fsp3) is 0.556. The van der Waals surface area contributed by atoms with E-state index in [9.17, 15) is 18.0 Å². The molecule has 0 aromatic carbocycles. The Morgan fingerprint density at radius 1 is 1.32 bits per heavy atom. The first-order valence-corrected chi connectivity index (χ1v) is 9.08. The summed E-state index contributed by atoms with van der Waals surface area (Å²) in [6, 6.07) is 3.26. The Bertz CT molecular complexity index is 866. The van der Waals surface area contributed by atoms with Crippen molar-refractivity contribution >= 4 is 5.91 Å². The summed E-state index contributed by atoms with van der Waals surface area (Å²) in [7, 11) is 0. The monoisotopic (exact) mass is 395 g/mol. The van der Waals surface area contributed by atoms with Crippen molar-refractivity contribution in [2.45, 2.75) is 37.3 Å². The molecule has 2 aliphatic rings. The predicted octanol–water partition coefficient (Wildman–Crippen LogP) is 2.29. The first-order chi connectivity index (χ1) is 13.3. The number of carbonyl (C=O) groups excluding carboxylic acids is 1. The molecule has 2 N–H and O–H groups in total. The number of likely N-dealkylation sites (tertiary alicyclic amines) is 1. The summed E-state index contributed by atoms with van der Waals surface area (Å²) in [5.41, 5.74) is 3.55. The molecule has 7 nitrogen and oxygen atoms in total. The van der Waals surface area contributed by atoms with Gasteiger partial charge in [-0.15, -0.1) is 0 Å². The zero-order chi connectivity index (χ0) is 20.0. The summed E-state index contributed by atoms with van der Waals surface area (Å²) >= 11 is 0. The van der Waals surface area contributed by atoms with Crippen LogP contribution in [0.2, 0.25) is 0 Å². The minimum Gasteiger partial charge on any atom is -0.341 e. The van der Waals surface area contributed by atoms with Gasteiger partial charge in [0.1, 0.15) is 0 Å². The number of hydrogen-bond acceptors (Lipinski definition) is 6. The van der Waals surface area contributed by atoms with Gasteiger partial charge < -0.3 is 15.2 Å². The largest absolute Gasteiger partial charge is 0.405 e. The highest BCUT2D eigenvalue weighted by Gasteiger charge is 2.63. The van der Waals surface area contributed by atoms with Crippen molar-refractivity contribution in [3.8, 4) is 11.4 Å². The molecule has 1 aliphatic heterocycles. The van der Waals surface area contributed by atoms with E-state index < -0.39 is 24.0 Å². The highest BCUT2D eigenvalue weighted by atomic mass is 19.4. The van der Waals surface area contributed by atoms with Gasteiger partial charge in [-0.05, 0) is 43.4 Å². The molecule has 2 aromatic heterocycles. The lowest BCUT2D eigenvalue weighted by atomic mass is 9.86. The van der Waals surface area contributed by atoms with Crippen molar-refractivity contribution in [3.63, 3.8) is 0 Å². The number of amides is 1. The van der Waals surface area contributed by atoms with Crippen LogP contribution in [0, 0.1) is 5.41 Å². The molecule has 4 rings (SSSR count). The number of carbonyl (C=O) groups is 1. The minimum atomic E-state index is -4.63. The van der Waals surface area contributed by atoms with Crippen LogP contribution >= 0.6 is 0 Å². The molecule has 3 heterocycles. The molecule has 1 amide bonds. The molecule has 0 spiro atoms. The third-order valence-corrected chi connectivity index (χ3v) is 5.84. The van der Waals surface area contributed by atoms with Gasteiger partial charge in [0, 0.05) is 37.5 Å². The molecule has 1 saturated carbocycles. The van der Waals surface area contributed by atoms with Gasteiger partial charge >= 0.3 is 6.18 Å². The lowest BCUT2D eigenvalue weighted by Crippen LogP contribution is -2.46. The molecule has 1 saturated heterocycles. The van der Waals surface area contributed by atoms with E-state index in [4.69, 9.17) is 10.3 Å². The van der Waals surface area contributed by atoms with Crippen LogP contribution in [-0.2, 0) is 10.2 Å². The molecule has 28 heavy (non-hydrogen) atoms. The third-order valence-electron chi connectivity index (χ3n) is 5.84. The van der Waals surface area contributed by atoms with Crippen LogP contribution in [0.15, 0.2) is 29.0 Å². The lowest BCUT2D eigenvalue weighted by Gasteiger charge is -2.28. The summed E-state index contributed by atoms with van der Waals surface area (Å²) in [4.78, 5) is 21.7. The Labute approximate surface area is 159 Å². The second-order valence-electron chi connectivity index (χ2n) is 7.69. The number of nitrogens with two attached hydrogens (primary N) is 1. The van der Waals surface area contributed by atoms with E-state index in [0.29, 0.717) is 12.1 Å². The van der Waals surface area contributed by atoms with E-state index in [1.165, 1.54) is 17.3 Å². The normalized spacial score (nSPS) is 23.8. The molecule has 150 valence electrons. The molecule has 1 unspecified atom stereocenters. The maximum absolute atomic E-state index is 14.1. The van der Waals surface area contributed by atoms with E-state index in [2.05, 4.69) is 15.1 Å². The maximum atomic E-state index is 14.1. The number of halogens is 3. The quantitative estimate of drug-likeness (QED) is 0.834. The Balaban J connectivity index is 1.59. The van der Waals surface area contributed by atoms with Crippen LogP contribution in [0.1, 0.15) is 31.6 Å². The molecule has 2 fully saturated rings.